The predicted molar refractivity (Wildman–Crippen MR) is 134 cm³/mol. The molecule has 2 N–H and O–H groups in total. The lowest BCUT2D eigenvalue weighted by Gasteiger charge is -2.56. The van der Waals surface area contributed by atoms with Gasteiger partial charge in [-0.1, -0.05) is 19.1 Å². The van der Waals surface area contributed by atoms with Crippen LogP contribution >= 0.6 is 0 Å². The van der Waals surface area contributed by atoms with E-state index in [-0.39, 0.29) is 11.9 Å². The molecule has 4 unspecified atom stereocenters. The van der Waals surface area contributed by atoms with Crippen molar-refractivity contribution >= 4 is 11.7 Å². The maximum Gasteiger partial charge on any atom is 0.253 e. The predicted octanol–water partition coefficient (Wildman–Crippen LogP) is 3.90. The number of pyridine rings is 1. The monoisotopic (exact) mass is 470 g/mol. The first-order chi connectivity index (χ1) is 17.1. The minimum absolute atomic E-state index is 0.0186. The zero-order chi connectivity index (χ0) is 23.3. The van der Waals surface area contributed by atoms with Gasteiger partial charge in [-0.2, -0.15) is 0 Å². The summed E-state index contributed by atoms with van der Waals surface area (Å²) in [6, 6.07) is 10.5. The molecule has 6 heteroatoms. The SMILES string of the molecule is CC1CC2CCC3CC1(Cc1ccc4c(c1)OC[C@H](NC(=O)c1cnc5c(c1)[C@H]1C[C@H]1CN5)C4)N23. The number of carbonyl (C=O) groups excluding carboxylic acids is 1. The van der Waals surface area contributed by atoms with Crippen LogP contribution in [-0.2, 0) is 12.8 Å². The second kappa shape index (κ2) is 7.22. The number of carbonyl (C=O) groups is 1. The number of hydrogen-bond acceptors (Lipinski definition) is 5. The molecule has 0 spiro atoms. The molecule has 182 valence electrons. The Hall–Kier alpha value is -2.60. The van der Waals surface area contributed by atoms with Crippen molar-refractivity contribution in [2.45, 2.75) is 81.5 Å². The van der Waals surface area contributed by atoms with Gasteiger partial charge in [0.1, 0.15) is 18.2 Å². The normalized spacial score (nSPS) is 37.6. The zero-order valence-electron chi connectivity index (χ0n) is 20.4. The van der Waals surface area contributed by atoms with Gasteiger partial charge in [0.05, 0.1) is 11.6 Å². The van der Waals surface area contributed by atoms with Crippen molar-refractivity contribution in [1.29, 1.82) is 0 Å². The van der Waals surface area contributed by atoms with Gasteiger partial charge in [-0.05, 0) is 91.5 Å². The van der Waals surface area contributed by atoms with E-state index in [0.717, 1.165) is 54.9 Å². The molecule has 1 saturated carbocycles. The summed E-state index contributed by atoms with van der Waals surface area (Å²) in [5.41, 5.74) is 4.84. The van der Waals surface area contributed by atoms with Gasteiger partial charge in [-0.15, -0.1) is 0 Å². The molecule has 1 amide bonds. The van der Waals surface area contributed by atoms with E-state index in [9.17, 15) is 4.79 Å². The fourth-order valence-corrected chi connectivity index (χ4v) is 8.30. The van der Waals surface area contributed by atoms with E-state index in [1.165, 1.54) is 48.8 Å². The lowest BCUT2D eigenvalue weighted by Crippen LogP contribution is -2.64. The lowest BCUT2D eigenvalue weighted by atomic mass is 9.69. The van der Waals surface area contributed by atoms with Crippen LogP contribution < -0.4 is 15.4 Å². The number of aromatic nitrogens is 1. The number of anilines is 1. The smallest absolute Gasteiger partial charge is 0.253 e. The highest BCUT2D eigenvalue weighted by Gasteiger charge is 2.63. The van der Waals surface area contributed by atoms with Gasteiger partial charge in [0.15, 0.2) is 0 Å². The third kappa shape index (κ3) is 3.05. The van der Waals surface area contributed by atoms with Crippen LogP contribution in [0, 0.1) is 11.8 Å². The molecule has 6 heterocycles. The summed E-state index contributed by atoms with van der Waals surface area (Å²) >= 11 is 0. The van der Waals surface area contributed by atoms with Gasteiger partial charge >= 0.3 is 0 Å². The minimum atomic E-state index is -0.0502. The summed E-state index contributed by atoms with van der Waals surface area (Å²) < 4.78 is 6.20. The standard InChI is InChI=1S/C29H34N4O2/c1-16-6-22-4-5-23-12-29(16,33(22)23)11-17-2-3-18-8-21(15-35-26(18)7-17)32-28(34)20-10-25-24-9-19(24)13-30-27(25)31-14-20/h2-3,7,10,14,16,19,21-24H,4-6,8-9,11-13,15H2,1H3,(H,30,31)(H,32,34)/t16?,19-,21+,22?,23?,24-,29?/m0/s1. The molecule has 1 aliphatic carbocycles. The Kier molecular flexibility index (Phi) is 4.24. The number of fused-ring (bicyclic) bond motifs is 4. The first-order valence-electron chi connectivity index (χ1n) is 13.6. The molecule has 6 nitrogen and oxygen atoms in total. The Morgan fingerprint density at radius 1 is 1.26 bits per heavy atom. The van der Waals surface area contributed by atoms with Crippen LogP contribution in [0.25, 0.3) is 0 Å². The molecule has 0 bridgehead atoms. The highest BCUT2D eigenvalue weighted by atomic mass is 16.5. The Labute approximate surface area is 206 Å². The zero-order valence-corrected chi connectivity index (χ0v) is 20.4. The third-order valence-corrected chi connectivity index (χ3v) is 10.2. The third-order valence-electron chi connectivity index (χ3n) is 10.2. The lowest BCUT2D eigenvalue weighted by molar-refractivity contribution is -0.0521. The van der Waals surface area contributed by atoms with E-state index in [1.54, 1.807) is 6.20 Å². The molecular weight excluding hydrogens is 436 g/mol. The first-order valence-corrected chi connectivity index (χ1v) is 13.6. The van der Waals surface area contributed by atoms with Crippen molar-refractivity contribution in [3.63, 3.8) is 0 Å². The molecule has 1 aromatic carbocycles. The van der Waals surface area contributed by atoms with Crippen molar-refractivity contribution in [2.75, 3.05) is 18.5 Å². The van der Waals surface area contributed by atoms with E-state index in [4.69, 9.17) is 4.74 Å². The molecule has 7 atom stereocenters. The summed E-state index contributed by atoms with van der Waals surface area (Å²) in [6.45, 7) is 4.00. The number of rotatable bonds is 4. The maximum atomic E-state index is 13.0. The second-order valence-corrected chi connectivity index (χ2v) is 12.2. The Bertz CT molecular complexity index is 1230. The summed E-state index contributed by atoms with van der Waals surface area (Å²) in [5, 5.41) is 6.59. The van der Waals surface area contributed by atoms with Crippen LogP contribution in [0.3, 0.4) is 0 Å². The van der Waals surface area contributed by atoms with Crippen molar-refractivity contribution in [3.8, 4) is 5.75 Å². The number of nitrogens with one attached hydrogen (secondary N) is 2. The van der Waals surface area contributed by atoms with Crippen molar-refractivity contribution in [3.05, 3.63) is 52.7 Å². The summed E-state index contributed by atoms with van der Waals surface area (Å²) in [5.74, 6) is 3.99. The van der Waals surface area contributed by atoms with Crippen LogP contribution in [0.1, 0.15) is 72.0 Å². The van der Waals surface area contributed by atoms with E-state index in [0.29, 0.717) is 23.6 Å². The molecule has 35 heavy (non-hydrogen) atoms. The molecule has 3 saturated heterocycles. The van der Waals surface area contributed by atoms with Crippen LogP contribution in [0.5, 0.6) is 5.75 Å². The van der Waals surface area contributed by atoms with Gasteiger partial charge in [-0.25, -0.2) is 4.98 Å². The van der Waals surface area contributed by atoms with Gasteiger partial charge in [-0.3, -0.25) is 9.69 Å². The van der Waals surface area contributed by atoms with Crippen LogP contribution in [0.4, 0.5) is 5.82 Å². The molecule has 2 aromatic rings. The van der Waals surface area contributed by atoms with E-state index in [2.05, 4.69) is 45.6 Å². The van der Waals surface area contributed by atoms with Gasteiger partial charge in [0, 0.05) is 30.4 Å². The Morgan fingerprint density at radius 3 is 3.11 bits per heavy atom. The number of benzene rings is 1. The Balaban J connectivity index is 0.950. The average molecular weight is 471 g/mol. The molecule has 0 radical (unpaired) electrons. The van der Waals surface area contributed by atoms with Crippen molar-refractivity contribution in [1.82, 2.24) is 15.2 Å². The fraction of sp³-hybridized carbons (Fsp3) is 0.586. The largest absolute Gasteiger partial charge is 0.491 e. The highest BCUT2D eigenvalue weighted by molar-refractivity contribution is 5.94. The van der Waals surface area contributed by atoms with E-state index in [1.807, 2.05) is 6.07 Å². The molecule has 4 fully saturated rings. The summed E-state index contributed by atoms with van der Waals surface area (Å²) in [6.07, 6.45) is 10.4. The molecule has 6 aliphatic rings. The Morgan fingerprint density at radius 2 is 2.17 bits per heavy atom. The van der Waals surface area contributed by atoms with Crippen LogP contribution in [-0.4, -0.2) is 52.6 Å². The molecule has 1 aromatic heterocycles. The summed E-state index contributed by atoms with van der Waals surface area (Å²) in [4.78, 5) is 20.4. The first kappa shape index (κ1) is 20.6. The maximum absolute atomic E-state index is 13.0. The molecular formula is C29H34N4O2. The fourth-order valence-electron chi connectivity index (χ4n) is 8.30. The van der Waals surface area contributed by atoms with Gasteiger partial charge in [0.2, 0.25) is 0 Å². The molecule has 5 aliphatic heterocycles. The number of hydrogen-bond donors (Lipinski definition) is 2. The minimum Gasteiger partial charge on any atom is -0.491 e. The van der Waals surface area contributed by atoms with Gasteiger partial charge in [0.25, 0.3) is 5.91 Å². The topological polar surface area (TPSA) is 66.5 Å². The number of ether oxygens (including phenoxy) is 1. The second-order valence-electron chi connectivity index (χ2n) is 12.2. The van der Waals surface area contributed by atoms with Crippen molar-refractivity contribution in [2.24, 2.45) is 11.8 Å². The quantitative estimate of drug-likeness (QED) is 0.710. The molecule has 8 rings (SSSR count). The van der Waals surface area contributed by atoms with Crippen LogP contribution in [0.2, 0.25) is 0 Å². The number of nitrogens with zero attached hydrogens (tertiary/aromatic N) is 2. The highest BCUT2D eigenvalue weighted by Crippen LogP contribution is 2.59. The van der Waals surface area contributed by atoms with E-state index >= 15 is 0 Å². The number of amides is 1. The van der Waals surface area contributed by atoms with Crippen molar-refractivity contribution < 1.29 is 9.53 Å². The van der Waals surface area contributed by atoms with Crippen LogP contribution in [0.15, 0.2) is 30.5 Å². The van der Waals surface area contributed by atoms with E-state index < -0.39 is 0 Å². The summed E-state index contributed by atoms with van der Waals surface area (Å²) in [7, 11) is 0. The average Bonchev–Trinajstić information content (AvgIpc) is 3.53. The van der Waals surface area contributed by atoms with Gasteiger partial charge < -0.3 is 15.4 Å².